The first-order chi connectivity index (χ1) is 7.02. The number of hydrogen-bond donors (Lipinski definition) is 0. The van der Waals surface area contributed by atoms with Crippen LogP contribution in [0.4, 0.5) is 0 Å². The molecule has 0 unspecified atom stereocenters. The molecule has 0 aliphatic rings. The van der Waals surface area contributed by atoms with Crippen LogP contribution in [0.15, 0.2) is 29.2 Å². The minimum absolute atomic E-state index is 0.172. The van der Waals surface area contributed by atoms with Crippen LogP contribution in [0, 0.1) is 0 Å². The lowest BCUT2D eigenvalue weighted by Crippen LogP contribution is -2.30. The van der Waals surface area contributed by atoms with E-state index in [0.717, 1.165) is 0 Å². The maximum absolute atomic E-state index is 11.9. The standard InChI is InChI=1S/C10H14NO3S/c1-3-11(4-2)15(13,14)10-7-5-9(12)6-8-10/h5-8H,3-4H2,1-2H3. The Hall–Kier alpha value is -1.07. The second kappa shape index (κ2) is 4.63. The topological polar surface area (TPSA) is 57.3 Å². The van der Waals surface area contributed by atoms with Crippen LogP contribution in [0.5, 0.6) is 5.75 Å². The molecule has 1 radical (unpaired) electrons. The fourth-order valence-electron chi connectivity index (χ4n) is 1.32. The van der Waals surface area contributed by atoms with Crippen molar-refractivity contribution < 1.29 is 13.5 Å². The van der Waals surface area contributed by atoms with Gasteiger partial charge in [0.05, 0.1) is 4.90 Å². The number of rotatable bonds is 4. The molecule has 0 atom stereocenters. The number of nitrogens with zero attached hydrogens (tertiary/aromatic N) is 1. The maximum Gasteiger partial charge on any atom is 0.243 e. The molecule has 4 nitrogen and oxygen atoms in total. The average molecular weight is 228 g/mol. The highest BCUT2D eigenvalue weighted by molar-refractivity contribution is 7.89. The quantitative estimate of drug-likeness (QED) is 0.789. The summed E-state index contributed by atoms with van der Waals surface area (Å²) in [6.45, 7) is 4.42. The summed E-state index contributed by atoms with van der Waals surface area (Å²) in [7, 11) is -3.42. The maximum atomic E-state index is 11.9. The average Bonchev–Trinajstić information content (AvgIpc) is 2.19. The van der Waals surface area contributed by atoms with Crippen molar-refractivity contribution in [1.29, 1.82) is 0 Å². The third-order valence-electron chi connectivity index (χ3n) is 2.17. The molecule has 0 amide bonds. The molecule has 0 aliphatic carbocycles. The molecule has 83 valence electrons. The summed E-state index contributed by atoms with van der Waals surface area (Å²) < 4.78 is 25.2. The van der Waals surface area contributed by atoms with Crippen molar-refractivity contribution in [3.8, 4) is 5.75 Å². The van der Waals surface area contributed by atoms with Gasteiger partial charge in [-0.1, -0.05) is 13.8 Å². The highest BCUT2D eigenvalue weighted by Crippen LogP contribution is 2.18. The summed E-state index contributed by atoms with van der Waals surface area (Å²) in [4.78, 5) is 0.172. The molecule has 0 N–H and O–H groups in total. The lowest BCUT2D eigenvalue weighted by atomic mass is 10.3. The summed E-state index contributed by atoms with van der Waals surface area (Å²) in [5.41, 5.74) is 0. The molecule has 0 bridgehead atoms. The highest BCUT2D eigenvalue weighted by Gasteiger charge is 2.20. The van der Waals surface area contributed by atoms with Crippen LogP contribution < -0.4 is 0 Å². The Morgan fingerprint density at radius 1 is 1.07 bits per heavy atom. The Balaban J connectivity index is 3.11. The monoisotopic (exact) mass is 228 g/mol. The molecule has 0 spiro atoms. The molecule has 0 aliphatic heterocycles. The van der Waals surface area contributed by atoms with Gasteiger partial charge in [0.25, 0.3) is 0 Å². The molecule has 1 aromatic carbocycles. The second-order valence-corrected chi connectivity index (χ2v) is 5.00. The molecule has 0 fully saturated rings. The fourth-order valence-corrected chi connectivity index (χ4v) is 2.78. The first kappa shape index (κ1) is 12.0. The van der Waals surface area contributed by atoms with E-state index >= 15 is 0 Å². The minimum atomic E-state index is -3.42. The zero-order valence-corrected chi connectivity index (χ0v) is 9.62. The van der Waals surface area contributed by atoms with Crippen molar-refractivity contribution in [2.24, 2.45) is 0 Å². The van der Waals surface area contributed by atoms with Crippen LogP contribution in [0.1, 0.15) is 13.8 Å². The number of sulfonamides is 1. The van der Waals surface area contributed by atoms with Crippen molar-refractivity contribution >= 4 is 10.0 Å². The fraction of sp³-hybridized carbons (Fsp3) is 0.400. The molecule has 0 saturated heterocycles. The van der Waals surface area contributed by atoms with E-state index in [1.165, 1.54) is 28.6 Å². The van der Waals surface area contributed by atoms with Gasteiger partial charge in [-0.05, 0) is 24.3 Å². The van der Waals surface area contributed by atoms with Crippen LogP contribution in [-0.2, 0) is 15.1 Å². The molecule has 0 saturated carbocycles. The zero-order chi connectivity index (χ0) is 11.5. The summed E-state index contributed by atoms with van der Waals surface area (Å²) >= 11 is 0. The first-order valence-electron chi connectivity index (χ1n) is 4.79. The van der Waals surface area contributed by atoms with Gasteiger partial charge in [0, 0.05) is 13.1 Å². The minimum Gasteiger partial charge on any atom is -0.290 e. The van der Waals surface area contributed by atoms with Gasteiger partial charge in [0.15, 0.2) is 5.75 Å². The molecular formula is C10H14NO3S. The molecule has 15 heavy (non-hydrogen) atoms. The van der Waals surface area contributed by atoms with E-state index in [-0.39, 0.29) is 10.6 Å². The third kappa shape index (κ3) is 2.49. The van der Waals surface area contributed by atoms with Crippen molar-refractivity contribution in [3.05, 3.63) is 24.3 Å². The Labute approximate surface area is 90.2 Å². The summed E-state index contributed by atoms with van der Waals surface area (Å²) in [6, 6.07) is 5.21. The molecule has 1 aromatic rings. The van der Waals surface area contributed by atoms with Gasteiger partial charge in [0.2, 0.25) is 10.0 Å². The number of benzene rings is 1. The van der Waals surface area contributed by atoms with Crippen LogP contribution >= 0.6 is 0 Å². The Bertz CT molecular complexity index is 407. The normalized spacial score (nSPS) is 11.9. The molecule has 0 aromatic heterocycles. The smallest absolute Gasteiger partial charge is 0.243 e. The van der Waals surface area contributed by atoms with E-state index in [9.17, 15) is 13.5 Å². The molecule has 1 rings (SSSR count). The van der Waals surface area contributed by atoms with E-state index in [4.69, 9.17) is 0 Å². The van der Waals surface area contributed by atoms with E-state index in [0.29, 0.717) is 13.1 Å². The Kier molecular flexibility index (Phi) is 3.71. The van der Waals surface area contributed by atoms with Crippen molar-refractivity contribution in [2.45, 2.75) is 18.7 Å². The largest absolute Gasteiger partial charge is 0.290 e. The molecule has 0 heterocycles. The zero-order valence-electron chi connectivity index (χ0n) is 8.80. The highest BCUT2D eigenvalue weighted by atomic mass is 32.2. The van der Waals surface area contributed by atoms with Crippen molar-refractivity contribution in [2.75, 3.05) is 13.1 Å². The third-order valence-corrected chi connectivity index (χ3v) is 4.23. The number of hydrogen-bond acceptors (Lipinski definition) is 2. The van der Waals surface area contributed by atoms with Crippen LogP contribution in [0.25, 0.3) is 0 Å². The Morgan fingerprint density at radius 2 is 1.53 bits per heavy atom. The van der Waals surface area contributed by atoms with Gasteiger partial charge in [-0.25, -0.2) is 8.42 Å². The predicted octanol–water partition coefficient (Wildman–Crippen LogP) is 1.86. The van der Waals surface area contributed by atoms with Gasteiger partial charge < -0.3 is 0 Å². The van der Waals surface area contributed by atoms with Gasteiger partial charge in [-0.3, -0.25) is 5.11 Å². The van der Waals surface area contributed by atoms with Gasteiger partial charge in [-0.15, -0.1) is 0 Å². The Morgan fingerprint density at radius 3 is 1.93 bits per heavy atom. The second-order valence-electron chi connectivity index (χ2n) is 3.06. The lowest BCUT2D eigenvalue weighted by Gasteiger charge is -2.18. The van der Waals surface area contributed by atoms with E-state index in [1.54, 1.807) is 13.8 Å². The summed E-state index contributed by atoms with van der Waals surface area (Å²) in [6.07, 6.45) is 0. The van der Waals surface area contributed by atoms with Crippen molar-refractivity contribution in [3.63, 3.8) is 0 Å². The molecule has 5 heteroatoms. The van der Waals surface area contributed by atoms with Gasteiger partial charge in [-0.2, -0.15) is 4.31 Å². The van der Waals surface area contributed by atoms with Crippen molar-refractivity contribution in [1.82, 2.24) is 4.31 Å². The van der Waals surface area contributed by atoms with Crippen LogP contribution in [0.2, 0.25) is 0 Å². The van der Waals surface area contributed by atoms with Crippen LogP contribution in [0.3, 0.4) is 0 Å². The summed E-state index contributed by atoms with van der Waals surface area (Å²) in [5, 5.41) is 10.8. The summed E-state index contributed by atoms with van der Waals surface area (Å²) in [5.74, 6) is -0.187. The van der Waals surface area contributed by atoms with E-state index in [1.807, 2.05) is 0 Å². The SMILES string of the molecule is CCN(CC)S(=O)(=O)c1ccc([O])cc1. The van der Waals surface area contributed by atoms with Crippen LogP contribution in [-0.4, -0.2) is 25.8 Å². The van der Waals surface area contributed by atoms with E-state index in [2.05, 4.69) is 0 Å². The lowest BCUT2D eigenvalue weighted by molar-refractivity contribution is 0.354. The predicted molar refractivity (Wildman–Crippen MR) is 56.7 cm³/mol. The molecular weight excluding hydrogens is 214 g/mol. The van der Waals surface area contributed by atoms with Gasteiger partial charge in [0.1, 0.15) is 0 Å². The first-order valence-corrected chi connectivity index (χ1v) is 6.23. The van der Waals surface area contributed by atoms with E-state index < -0.39 is 10.0 Å². The van der Waals surface area contributed by atoms with Gasteiger partial charge >= 0.3 is 0 Å².